The molecule has 3 atom stereocenters. The number of hydrogen-bond donors (Lipinski definition) is 2. The molecule has 7 heteroatoms. The summed E-state index contributed by atoms with van der Waals surface area (Å²) in [5, 5.41) is 7.60. The summed E-state index contributed by atoms with van der Waals surface area (Å²) in [4.78, 5) is 25.7. The average molecular weight is 429 g/mol. The van der Waals surface area contributed by atoms with Crippen LogP contribution >= 0.6 is 0 Å². The second kappa shape index (κ2) is 6.97. The van der Waals surface area contributed by atoms with E-state index in [9.17, 15) is 9.59 Å². The fourth-order valence-corrected chi connectivity index (χ4v) is 5.01. The van der Waals surface area contributed by atoms with E-state index >= 15 is 0 Å². The number of aryl methyl sites for hydroxylation is 1. The Morgan fingerprint density at radius 3 is 2.62 bits per heavy atom. The molecule has 2 aliphatic rings. The maximum atomic E-state index is 13.1. The van der Waals surface area contributed by atoms with Gasteiger partial charge in [0, 0.05) is 65.6 Å². The first-order chi connectivity index (χ1) is 15.6. The van der Waals surface area contributed by atoms with Crippen molar-refractivity contribution in [3.63, 3.8) is 0 Å². The van der Waals surface area contributed by atoms with Crippen LogP contribution in [-0.4, -0.2) is 42.7 Å². The molecule has 1 unspecified atom stereocenters. The fraction of sp³-hybridized carbons (Fsp3) is 0.280. The lowest BCUT2D eigenvalue weighted by Crippen LogP contribution is -2.30. The monoisotopic (exact) mass is 429 g/mol. The zero-order chi connectivity index (χ0) is 22.0. The number of fused-ring (bicyclic) bond motifs is 3. The normalized spacial score (nSPS) is 21.6. The molecule has 7 nitrogen and oxygen atoms in total. The van der Waals surface area contributed by atoms with Gasteiger partial charge in [-0.25, -0.2) is 0 Å². The van der Waals surface area contributed by atoms with Crippen molar-refractivity contribution in [2.24, 2.45) is 18.9 Å². The van der Waals surface area contributed by atoms with Crippen LogP contribution in [0.2, 0.25) is 0 Å². The second-order valence-corrected chi connectivity index (χ2v) is 8.66. The number of nitrogens with one attached hydrogen (secondary N) is 2. The highest BCUT2D eigenvalue weighted by Crippen LogP contribution is 2.44. The van der Waals surface area contributed by atoms with Crippen molar-refractivity contribution >= 4 is 33.7 Å². The van der Waals surface area contributed by atoms with Crippen LogP contribution < -0.4 is 10.6 Å². The first-order valence-electron chi connectivity index (χ1n) is 10.8. The van der Waals surface area contributed by atoms with Crippen LogP contribution in [0.1, 0.15) is 20.7 Å². The average Bonchev–Trinajstić information content (AvgIpc) is 3.27. The molecule has 0 radical (unpaired) electrons. The molecule has 2 fully saturated rings. The van der Waals surface area contributed by atoms with E-state index in [0.717, 1.165) is 27.4 Å². The summed E-state index contributed by atoms with van der Waals surface area (Å²) in [6.07, 6.45) is 3.69. The molecule has 1 saturated carbocycles. The SMILES string of the molecule is CNC(=O)c1cc(C(=O)NC2[C@H]3COC[C@@H]23)cc2c(-c3cccc4c3ccn4C)coc12. The Hall–Kier alpha value is -3.58. The van der Waals surface area contributed by atoms with Gasteiger partial charge in [-0.3, -0.25) is 9.59 Å². The quantitative estimate of drug-likeness (QED) is 0.521. The van der Waals surface area contributed by atoms with Crippen molar-refractivity contribution in [1.29, 1.82) is 0 Å². The van der Waals surface area contributed by atoms with Gasteiger partial charge >= 0.3 is 0 Å². The summed E-state index contributed by atoms with van der Waals surface area (Å²) < 4.78 is 13.4. The van der Waals surface area contributed by atoms with E-state index in [1.165, 1.54) is 0 Å². The van der Waals surface area contributed by atoms with E-state index in [1.54, 1.807) is 19.4 Å². The van der Waals surface area contributed by atoms with E-state index in [-0.39, 0.29) is 17.9 Å². The summed E-state index contributed by atoms with van der Waals surface area (Å²) in [6, 6.07) is 11.7. The fourth-order valence-electron chi connectivity index (χ4n) is 5.01. The van der Waals surface area contributed by atoms with Gasteiger partial charge in [0.05, 0.1) is 25.0 Å². The first kappa shape index (κ1) is 19.1. The van der Waals surface area contributed by atoms with Gasteiger partial charge in [-0.15, -0.1) is 0 Å². The van der Waals surface area contributed by atoms with Gasteiger partial charge in [-0.1, -0.05) is 12.1 Å². The Labute approximate surface area is 184 Å². The van der Waals surface area contributed by atoms with E-state index in [2.05, 4.69) is 27.3 Å². The third-order valence-electron chi connectivity index (χ3n) is 6.88. The summed E-state index contributed by atoms with van der Waals surface area (Å²) in [6.45, 7) is 1.40. The smallest absolute Gasteiger partial charge is 0.254 e. The molecule has 1 aliphatic heterocycles. The van der Waals surface area contributed by atoms with Crippen molar-refractivity contribution in [2.45, 2.75) is 6.04 Å². The number of carbonyl (C=O) groups excluding carboxylic acids is 2. The predicted octanol–water partition coefficient (Wildman–Crippen LogP) is 3.33. The highest BCUT2D eigenvalue weighted by molar-refractivity contribution is 6.13. The predicted molar refractivity (Wildman–Crippen MR) is 121 cm³/mol. The second-order valence-electron chi connectivity index (χ2n) is 8.66. The molecule has 2 aromatic carbocycles. The molecule has 162 valence electrons. The lowest BCUT2D eigenvalue weighted by molar-refractivity contribution is 0.0929. The molecule has 6 rings (SSSR count). The summed E-state index contributed by atoms with van der Waals surface area (Å²) in [5.41, 5.74) is 4.22. The molecule has 2 aromatic heterocycles. The van der Waals surface area contributed by atoms with Crippen molar-refractivity contribution in [3.8, 4) is 11.1 Å². The van der Waals surface area contributed by atoms with E-state index in [1.807, 2.05) is 31.4 Å². The molecule has 0 spiro atoms. The number of benzene rings is 2. The van der Waals surface area contributed by atoms with Crippen molar-refractivity contribution in [2.75, 3.05) is 20.3 Å². The number of aromatic nitrogens is 1. The molecular formula is C25H23N3O4. The van der Waals surface area contributed by atoms with Gasteiger partial charge in [0.1, 0.15) is 5.58 Å². The Morgan fingerprint density at radius 2 is 1.84 bits per heavy atom. The minimum Gasteiger partial charge on any atom is -0.463 e. The van der Waals surface area contributed by atoms with Crippen LogP contribution in [0, 0.1) is 11.8 Å². The zero-order valence-electron chi connectivity index (χ0n) is 17.8. The Bertz CT molecular complexity index is 1390. The van der Waals surface area contributed by atoms with Crippen LogP contribution in [0.5, 0.6) is 0 Å². The molecule has 4 aromatic rings. The largest absolute Gasteiger partial charge is 0.463 e. The molecule has 0 bridgehead atoms. The van der Waals surface area contributed by atoms with Crippen molar-refractivity contribution in [1.82, 2.24) is 15.2 Å². The Kier molecular flexibility index (Phi) is 4.16. The lowest BCUT2D eigenvalue weighted by atomic mass is 9.97. The van der Waals surface area contributed by atoms with Gasteiger partial charge < -0.3 is 24.4 Å². The summed E-state index contributed by atoms with van der Waals surface area (Å²) >= 11 is 0. The van der Waals surface area contributed by atoms with Crippen LogP contribution in [-0.2, 0) is 11.8 Å². The topological polar surface area (TPSA) is 85.5 Å². The van der Waals surface area contributed by atoms with E-state index < -0.39 is 0 Å². The van der Waals surface area contributed by atoms with Crippen molar-refractivity contribution < 1.29 is 18.7 Å². The minimum absolute atomic E-state index is 0.150. The van der Waals surface area contributed by atoms with Crippen LogP contribution in [0.4, 0.5) is 0 Å². The Balaban J connectivity index is 1.48. The standard InChI is InChI=1S/C25H23N3O4/c1-26-25(30)17-9-13(24(29)27-22-19-10-31-11-20(19)22)8-16-18(12-32-23(16)17)14-4-3-5-21-15(14)6-7-28(21)2/h3-9,12,19-20,22H,10-11H2,1-2H3,(H,26,30)(H,27,29)/t19-,20+,22?. The first-order valence-corrected chi connectivity index (χ1v) is 10.8. The highest BCUT2D eigenvalue weighted by atomic mass is 16.5. The third-order valence-corrected chi connectivity index (χ3v) is 6.88. The van der Waals surface area contributed by atoms with E-state index in [4.69, 9.17) is 9.15 Å². The van der Waals surface area contributed by atoms with Gasteiger partial charge in [0.2, 0.25) is 0 Å². The van der Waals surface area contributed by atoms with Gasteiger partial charge in [0.15, 0.2) is 0 Å². The van der Waals surface area contributed by atoms with Gasteiger partial charge in [-0.2, -0.15) is 0 Å². The number of rotatable bonds is 4. The minimum atomic E-state index is -0.292. The van der Waals surface area contributed by atoms with Gasteiger partial charge in [-0.05, 0) is 29.8 Å². The molecular weight excluding hydrogens is 406 g/mol. The number of ether oxygens (including phenoxy) is 1. The maximum absolute atomic E-state index is 13.1. The molecule has 1 saturated heterocycles. The highest BCUT2D eigenvalue weighted by Gasteiger charge is 2.54. The maximum Gasteiger partial charge on any atom is 0.254 e. The number of amides is 2. The number of hydrogen-bond acceptors (Lipinski definition) is 4. The Morgan fingerprint density at radius 1 is 1.03 bits per heavy atom. The lowest BCUT2D eigenvalue weighted by Gasteiger charge is -2.10. The molecule has 3 heterocycles. The van der Waals surface area contributed by atoms with Crippen LogP contribution in [0.3, 0.4) is 0 Å². The summed E-state index contributed by atoms with van der Waals surface area (Å²) in [7, 11) is 3.57. The van der Waals surface area contributed by atoms with Gasteiger partial charge in [0.25, 0.3) is 11.8 Å². The van der Waals surface area contributed by atoms with Crippen LogP contribution in [0.15, 0.2) is 53.3 Å². The number of nitrogens with zero attached hydrogens (tertiary/aromatic N) is 1. The van der Waals surface area contributed by atoms with Crippen LogP contribution in [0.25, 0.3) is 33.0 Å². The number of carbonyl (C=O) groups is 2. The van der Waals surface area contributed by atoms with Crippen molar-refractivity contribution in [3.05, 3.63) is 60.0 Å². The third kappa shape index (κ3) is 2.78. The van der Waals surface area contributed by atoms with E-state index in [0.29, 0.717) is 41.8 Å². The molecule has 1 aliphatic carbocycles. The molecule has 2 amide bonds. The summed E-state index contributed by atoms with van der Waals surface area (Å²) in [5.74, 6) is 0.337. The molecule has 32 heavy (non-hydrogen) atoms. The zero-order valence-corrected chi connectivity index (χ0v) is 17.8. The number of furan rings is 1. The molecule has 2 N–H and O–H groups in total.